The number of rotatable bonds is 37. The van der Waals surface area contributed by atoms with Gasteiger partial charge < -0.3 is 37.9 Å². The number of hydrogen-bond donors (Lipinski definition) is 0. The van der Waals surface area contributed by atoms with Crippen LogP contribution in [0, 0.1) is 10.8 Å². The summed E-state index contributed by atoms with van der Waals surface area (Å²) in [7, 11) is 0. The van der Waals surface area contributed by atoms with Crippen LogP contribution in [-0.4, -0.2) is 101 Å². The molecule has 0 saturated carbocycles. The maximum atomic E-state index is 12.7. The van der Waals surface area contributed by atoms with Crippen molar-refractivity contribution in [1.29, 1.82) is 0 Å². The molecule has 0 bridgehead atoms. The molecule has 0 amide bonds. The Balaban J connectivity index is 4.76. The van der Waals surface area contributed by atoms with Crippen molar-refractivity contribution in [2.45, 2.75) is 131 Å². The Bertz CT molecular complexity index is 1480. The highest BCUT2D eigenvalue weighted by molar-refractivity contribution is 5.89. The number of ether oxygens (including phenoxy) is 8. The summed E-state index contributed by atoms with van der Waals surface area (Å²) < 4.78 is 43.1. The third-order valence-electron chi connectivity index (χ3n) is 9.74. The van der Waals surface area contributed by atoms with Gasteiger partial charge in [0.2, 0.25) is 0 Å². The second kappa shape index (κ2) is 32.8. The van der Waals surface area contributed by atoms with Crippen LogP contribution in [0.5, 0.6) is 0 Å². The van der Waals surface area contributed by atoms with Crippen molar-refractivity contribution in [2.75, 3.05) is 52.9 Å². The fraction of sp³-hybridized carbons (Fsp3) is 0.600. The van der Waals surface area contributed by atoms with Gasteiger partial charge >= 0.3 is 47.8 Å². The number of unbranched alkanes of at least 4 members (excludes halogenated alkanes) is 11. The van der Waals surface area contributed by atoms with E-state index in [-0.39, 0.29) is 59.5 Å². The largest absolute Gasteiger partial charge is 0.465 e. The average Bonchev–Trinajstić information content (AvgIpc) is 3.26. The Hall–Kier alpha value is -5.80. The van der Waals surface area contributed by atoms with Crippen molar-refractivity contribution in [3.8, 4) is 0 Å². The molecule has 0 rings (SSSR count). The van der Waals surface area contributed by atoms with Gasteiger partial charge in [0.25, 0.3) is 0 Å². The van der Waals surface area contributed by atoms with E-state index in [0.29, 0.717) is 12.8 Å². The molecule has 0 aliphatic heterocycles. The van der Waals surface area contributed by atoms with Crippen LogP contribution in [0.4, 0.5) is 0 Å². The van der Waals surface area contributed by atoms with Crippen molar-refractivity contribution in [1.82, 2.24) is 0 Å². The second-order valence-corrected chi connectivity index (χ2v) is 17.2. The van der Waals surface area contributed by atoms with Crippen LogP contribution in [0.2, 0.25) is 0 Å². The van der Waals surface area contributed by atoms with Gasteiger partial charge in [-0.05, 0) is 54.4 Å². The summed E-state index contributed by atoms with van der Waals surface area (Å²) in [4.78, 5) is 98.8. The molecule has 0 aliphatic rings. The first kappa shape index (κ1) is 60.2. The molecule has 0 saturated heterocycles. The fourth-order valence-electron chi connectivity index (χ4n) is 5.47. The fourth-order valence-corrected chi connectivity index (χ4v) is 5.47. The zero-order chi connectivity index (χ0) is 50.3. The van der Waals surface area contributed by atoms with Crippen molar-refractivity contribution in [3.05, 3.63) is 72.9 Å². The van der Waals surface area contributed by atoms with Gasteiger partial charge in [0.15, 0.2) is 0 Å². The molecule has 370 valence electrons. The minimum absolute atomic E-state index is 0.123. The third-order valence-corrected chi connectivity index (χ3v) is 9.74. The van der Waals surface area contributed by atoms with Crippen molar-refractivity contribution < 1.29 is 76.3 Å². The molecule has 0 N–H and O–H groups in total. The molecular weight excluding hydrogens is 857 g/mol. The highest BCUT2D eigenvalue weighted by atomic mass is 16.6. The van der Waals surface area contributed by atoms with Gasteiger partial charge in [-0.15, -0.1) is 0 Å². The van der Waals surface area contributed by atoms with Gasteiger partial charge in [-0.2, -0.15) is 0 Å². The minimum atomic E-state index is -1.40. The molecule has 0 aromatic carbocycles. The Kier molecular flexibility index (Phi) is 29.9. The maximum absolute atomic E-state index is 12.7. The van der Waals surface area contributed by atoms with Gasteiger partial charge in [0.05, 0.1) is 0 Å². The molecule has 0 aromatic heterocycles. The monoisotopic (exact) mass is 930 g/mol. The van der Waals surface area contributed by atoms with Gasteiger partial charge in [0.1, 0.15) is 63.7 Å². The van der Waals surface area contributed by atoms with Crippen LogP contribution >= 0.6 is 0 Å². The molecule has 66 heavy (non-hydrogen) atoms. The standard InChI is InChI=1S/C50H74O16/c1-35(2)43(53)61-29-49(30-62-44(54)36(3)4,31-63-45(55)37(5)6)27-59-41(51)25-23-21-19-17-15-13-14-16-18-20-22-24-26-42(52)60-28-50(32-64-46(56)38(7)8,33-65-47(57)39(9)10)34-66-48(58)40(11)12/h1,3,5,7,9,11,13-34H2,2,4,6,8,10,12H3. The van der Waals surface area contributed by atoms with E-state index in [2.05, 4.69) is 39.5 Å². The minimum Gasteiger partial charge on any atom is -0.465 e. The number of carbonyl (C=O) groups excluding carboxylic acids is 8. The summed E-state index contributed by atoms with van der Waals surface area (Å²) >= 11 is 0. The Morgan fingerprint density at radius 2 is 0.424 bits per heavy atom. The van der Waals surface area contributed by atoms with Gasteiger partial charge in [0, 0.05) is 46.3 Å². The Morgan fingerprint density at radius 3 is 0.591 bits per heavy atom. The Morgan fingerprint density at radius 1 is 0.273 bits per heavy atom. The second-order valence-electron chi connectivity index (χ2n) is 17.2. The summed E-state index contributed by atoms with van der Waals surface area (Å²) in [5.41, 5.74) is -2.06. The van der Waals surface area contributed by atoms with Gasteiger partial charge in [-0.3, -0.25) is 9.59 Å². The van der Waals surface area contributed by atoms with E-state index in [4.69, 9.17) is 37.9 Å². The molecule has 0 spiro atoms. The quantitative estimate of drug-likeness (QED) is 0.0249. The normalized spacial score (nSPS) is 10.9. The highest BCUT2D eigenvalue weighted by Crippen LogP contribution is 2.25. The summed E-state index contributed by atoms with van der Waals surface area (Å²) in [5.74, 6) is -5.32. The summed E-state index contributed by atoms with van der Waals surface area (Å²) in [6.07, 6.45) is 11.3. The smallest absolute Gasteiger partial charge is 0.333 e. The number of carbonyl (C=O) groups is 8. The molecular formula is C50H74O16. The van der Waals surface area contributed by atoms with Crippen LogP contribution in [0.25, 0.3) is 0 Å². The molecule has 0 aromatic rings. The zero-order valence-electron chi connectivity index (χ0n) is 40.3. The van der Waals surface area contributed by atoms with Gasteiger partial charge in [-0.1, -0.05) is 104 Å². The third kappa shape index (κ3) is 27.5. The van der Waals surface area contributed by atoms with E-state index in [1.807, 2.05) is 0 Å². The van der Waals surface area contributed by atoms with Crippen molar-refractivity contribution in [3.63, 3.8) is 0 Å². The highest BCUT2D eigenvalue weighted by Gasteiger charge is 2.39. The summed E-state index contributed by atoms with van der Waals surface area (Å²) in [6.45, 7) is 27.0. The number of hydrogen-bond acceptors (Lipinski definition) is 16. The van der Waals surface area contributed by atoms with Gasteiger partial charge in [-0.25, -0.2) is 28.8 Å². The molecule has 16 nitrogen and oxygen atoms in total. The first-order valence-electron chi connectivity index (χ1n) is 22.2. The molecule has 0 radical (unpaired) electrons. The van der Waals surface area contributed by atoms with E-state index >= 15 is 0 Å². The molecule has 16 heteroatoms. The lowest BCUT2D eigenvalue weighted by molar-refractivity contribution is -0.170. The summed E-state index contributed by atoms with van der Waals surface area (Å²) in [6, 6.07) is 0. The molecule has 0 fully saturated rings. The lowest BCUT2D eigenvalue weighted by Crippen LogP contribution is -2.44. The lowest BCUT2D eigenvalue weighted by Gasteiger charge is -2.31. The van der Waals surface area contributed by atoms with Crippen LogP contribution in [0.15, 0.2) is 72.9 Å². The topological polar surface area (TPSA) is 210 Å². The van der Waals surface area contributed by atoms with Crippen LogP contribution in [0.3, 0.4) is 0 Å². The van der Waals surface area contributed by atoms with E-state index in [1.54, 1.807) is 0 Å². The van der Waals surface area contributed by atoms with E-state index in [0.717, 1.165) is 64.2 Å². The summed E-state index contributed by atoms with van der Waals surface area (Å²) in [5, 5.41) is 0. The predicted molar refractivity (Wildman–Crippen MR) is 246 cm³/mol. The first-order chi connectivity index (χ1) is 31.0. The maximum Gasteiger partial charge on any atom is 0.333 e. The molecule has 0 heterocycles. The van der Waals surface area contributed by atoms with Crippen LogP contribution in [-0.2, 0) is 76.3 Å². The van der Waals surface area contributed by atoms with E-state index < -0.39 is 98.2 Å². The van der Waals surface area contributed by atoms with E-state index in [9.17, 15) is 38.4 Å². The van der Waals surface area contributed by atoms with E-state index in [1.165, 1.54) is 41.5 Å². The average molecular weight is 931 g/mol. The lowest BCUT2D eigenvalue weighted by atomic mass is 9.92. The number of esters is 8. The first-order valence-corrected chi connectivity index (χ1v) is 22.2. The zero-order valence-corrected chi connectivity index (χ0v) is 40.3. The molecule has 0 aliphatic carbocycles. The Labute approximate surface area is 391 Å². The molecule has 0 atom stereocenters. The molecule has 0 unspecified atom stereocenters. The van der Waals surface area contributed by atoms with Crippen molar-refractivity contribution >= 4 is 47.8 Å². The van der Waals surface area contributed by atoms with Crippen molar-refractivity contribution in [2.24, 2.45) is 10.8 Å². The predicted octanol–water partition coefficient (Wildman–Crippen LogP) is 8.22. The van der Waals surface area contributed by atoms with Crippen LogP contribution in [0.1, 0.15) is 131 Å². The van der Waals surface area contributed by atoms with Crippen LogP contribution < -0.4 is 0 Å². The SMILES string of the molecule is C=C(C)C(=O)OCC(COC(=O)CCCCCCCCCCCCCCC(=O)OCC(COC(=O)C(=C)C)(COC(=O)C(=C)C)COC(=O)C(=C)C)(COC(=O)C(=C)C)COC(=O)C(=C)C.